The first-order valence-electron chi connectivity index (χ1n) is 11.7. The molecule has 9 heteroatoms. The SMILES string of the molecule is Cc1ccc(F)c2c1NC(C(=O)Nc1cc(F)cc(N3CC[C@@H](N4CCN(C)C(=O)C4)C3)c1)C2. The quantitative estimate of drug-likeness (QED) is 0.721. The van der Waals surface area contributed by atoms with Gasteiger partial charge in [0.15, 0.2) is 0 Å². The highest BCUT2D eigenvalue weighted by Gasteiger charge is 2.33. The molecule has 3 heterocycles. The minimum Gasteiger partial charge on any atom is -0.373 e. The van der Waals surface area contributed by atoms with E-state index in [-0.39, 0.29) is 30.1 Å². The van der Waals surface area contributed by atoms with Gasteiger partial charge < -0.3 is 20.4 Å². The first-order chi connectivity index (χ1) is 16.3. The summed E-state index contributed by atoms with van der Waals surface area (Å²) in [4.78, 5) is 31.0. The molecule has 2 saturated heterocycles. The number of nitrogens with one attached hydrogen (secondary N) is 2. The zero-order valence-electron chi connectivity index (χ0n) is 19.4. The van der Waals surface area contributed by atoms with E-state index in [0.29, 0.717) is 42.3 Å². The van der Waals surface area contributed by atoms with Crippen molar-refractivity contribution in [1.82, 2.24) is 9.80 Å². The van der Waals surface area contributed by atoms with Gasteiger partial charge in [0, 0.05) is 68.3 Å². The molecule has 0 radical (unpaired) electrons. The Morgan fingerprint density at radius 3 is 2.74 bits per heavy atom. The molecule has 0 bridgehead atoms. The fraction of sp³-hybridized carbons (Fsp3) is 0.440. The predicted molar refractivity (Wildman–Crippen MR) is 127 cm³/mol. The summed E-state index contributed by atoms with van der Waals surface area (Å²) in [5, 5.41) is 5.90. The number of aryl methyl sites for hydroxylation is 1. The van der Waals surface area contributed by atoms with Gasteiger partial charge in [-0.3, -0.25) is 14.5 Å². The van der Waals surface area contributed by atoms with E-state index in [1.807, 2.05) is 14.0 Å². The van der Waals surface area contributed by atoms with Crippen LogP contribution in [0.1, 0.15) is 17.5 Å². The zero-order valence-corrected chi connectivity index (χ0v) is 19.4. The van der Waals surface area contributed by atoms with Crippen LogP contribution in [0.15, 0.2) is 30.3 Å². The van der Waals surface area contributed by atoms with Gasteiger partial charge in [-0.25, -0.2) is 8.78 Å². The Morgan fingerprint density at radius 2 is 1.97 bits per heavy atom. The lowest BCUT2D eigenvalue weighted by Crippen LogP contribution is -2.52. The summed E-state index contributed by atoms with van der Waals surface area (Å²) in [5.41, 5.74) is 3.11. The van der Waals surface area contributed by atoms with Crippen LogP contribution >= 0.6 is 0 Å². The van der Waals surface area contributed by atoms with E-state index in [9.17, 15) is 18.4 Å². The van der Waals surface area contributed by atoms with Crippen LogP contribution in [-0.2, 0) is 16.0 Å². The number of likely N-dealkylation sites (N-methyl/N-ethyl adjacent to an activating group) is 1. The summed E-state index contributed by atoms with van der Waals surface area (Å²) < 4.78 is 28.6. The molecule has 34 heavy (non-hydrogen) atoms. The number of fused-ring (bicyclic) bond motifs is 1. The second kappa shape index (κ2) is 8.87. The van der Waals surface area contributed by atoms with Crippen LogP contribution in [-0.4, -0.2) is 73.5 Å². The Kier molecular flexibility index (Phi) is 5.89. The van der Waals surface area contributed by atoms with Crippen molar-refractivity contribution >= 4 is 28.9 Å². The van der Waals surface area contributed by atoms with Gasteiger partial charge in [-0.15, -0.1) is 0 Å². The molecule has 0 saturated carbocycles. The lowest BCUT2D eigenvalue weighted by Gasteiger charge is -2.35. The van der Waals surface area contributed by atoms with E-state index >= 15 is 0 Å². The topological polar surface area (TPSA) is 67.9 Å². The highest BCUT2D eigenvalue weighted by molar-refractivity contribution is 5.98. The van der Waals surface area contributed by atoms with E-state index in [1.54, 1.807) is 17.0 Å². The molecule has 7 nitrogen and oxygen atoms in total. The molecular formula is C25H29F2N5O2. The van der Waals surface area contributed by atoms with Crippen LogP contribution in [0.25, 0.3) is 0 Å². The van der Waals surface area contributed by atoms with E-state index in [1.165, 1.54) is 18.2 Å². The molecule has 2 aromatic rings. The van der Waals surface area contributed by atoms with Gasteiger partial charge in [0.1, 0.15) is 17.7 Å². The molecule has 0 aromatic heterocycles. The van der Waals surface area contributed by atoms with Crippen molar-refractivity contribution in [2.45, 2.75) is 31.8 Å². The molecule has 1 unspecified atom stereocenters. The van der Waals surface area contributed by atoms with Crippen LogP contribution < -0.4 is 15.5 Å². The molecule has 3 aliphatic rings. The number of benzene rings is 2. The van der Waals surface area contributed by atoms with Gasteiger partial charge >= 0.3 is 0 Å². The Balaban J connectivity index is 1.25. The number of nitrogens with zero attached hydrogens (tertiary/aromatic N) is 3. The first-order valence-corrected chi connectivity index (χ1v) is 11.7. The van der Waals surface area contributed by atoms with Crippen molar-refractivity contribution in [2.75, 3.05) is 55.3 Å². The molecule has 2 atom stereocenters. The lowest BCUT2D eigenvalue weighted by molar-refractivity contribution is -0.135. The normalized spacial score (nSPS) is 22.6. The summed E-state index contributed by atoms with van der Waals surface area (Å²) >= 11 is 0. The van der Waals surface area contributed by atoms with Gasteiger partial charge in [0.2, 0.25) is 11.8 Å². The number of carbonyl (C=O) groups is 2. The van der Waals surface area contributed by atoms with Crippen molar-refractivity contribution in [2.24, 2.45) is 0 Å². The number of piperazine rings is 1. The third-order valence-electron chi connectivity index (χ3n) is 7.19. The van der Waals surface area contributed by atoms with E-state index in [0.717, 1.165) is 25.1 Å². The van der Waals surface area contributed by atoms with Gasteiger partial charge in [-0.1, -0.05) is 6.07 Å². The van der Waals surface area contributed by atoms with Crippen molar-refractivity contribution in [3.05, 3.63) is 53.1 Å². The zero-order chi connectivity index (χ0) is 24.0. The first kappa shape index (κ1) is 22.6. The maximum atomic E-state index is 14.5. The highest BCUT2D eigenvalue weighted by atomic mass is 19.1. The largest absolute Gasteiger partial charge is 0.373 e. The molecule has 0 spiro atoms. The Hall–Kier alpha value is -3.20. The summed E-state index contributed by atoms with van der Waals surface area (Å²) in [7, 11) is 1.82. The van der Waals surface area contributed by atoms with Crippen LogP contribution in [0.5, 0.6) is 0 Å². The van der Waals surface area contributed by atoms with Crippen LogP contribution in [0.4, 0.5) is 25.8 Å². The second-order valence-corrected chi connectivity index (χ2v) is 9.48. The minimum atomic E-state index is -0.622. The number of carbonyl (C=O) groups excluding carboxylic acids is 2. The predicted octanol–water partition coefficient (Wildman–Crippen LogP) is 2.60. The number of hydrogen-bond acceptors (Lipinski definition) is 5. The standard InChI is InChI=1S/C25H29F2N5O2/c1-15-3-4-21(27)20-12-22(29-24(15)20)25(34)28-17-9-16(26)10-19(11-17)31-6-5-18(13-31)32-8-7-30(2)23(33)14-32/h3-4,9-11,18,22,29H,5-8,12-14H2,1-2H3,(H,28,34)/t18-,22?/m1/s1. The molecule has 5 rings (SSSR count). The minimum absolute atomic E-state index is 0.123. The molecule has 180 valence electrons. The number of anilines is 3. The fourth-order valence-corrected chi connectivity index (χ4v) is 5.15. The summed E-state index contributed by atoms with van der Waals surface area (Å²) in [6, 6.07) is 7.24. The van der Waals surface area contributed by atoms with Crippen molar-refractivity contribution in [1.29, 1.82) is 0 Å². The monoisotopic (exact) mass is 469 g/mol. The summed E-state index contributed by atoms with van der Waals surface area (Å²) in [5.74, 6) is -0.974. The average molecular weight is 470 g/mol. The lowest BCUT2D eigenvalue weighted by atomic mass is 10.1. The third-order valence-corrected chi connectivity index (χ3v) is 7.19. The van der Waals surface area contributed by atoms with Gasteiger partial charge in [-0.2, -0.15) is 0 Å². The molecule has 3 aliphatic heterocycles. The molecular weight excluding hydrogens is 440 g/mol. The van der Waals surface area contributed by atoms with Crippen molar-refractivity contribution in [3.63, 3.8) is 0 Å². The molecule has 2 N–H and O–H groups in total. The molecule has 0 aliphatic carbocycles. The number of rotatable bonds is 4. The van der Waals surface area contributed by atoms with Gasteiger partial charge in [0.25, 0.3) is 0 Å². The fourth-order valence-electron chi connectivity index (χ4n) is 5.15. The van der Waals surface area contributed by atoms with Crippen LogP contribution in [0, 0.1) is 18.6 Å². The Bertz CT molecular complexity index is 1110. The Morgan fingerprint density at radius 1 is 1.15 bits per heavy atom. The maximum Gasteiger partial charge on any atom is 0.247 e. The molecule has 2 aromatic carbocycles. The van der Waals surface area contributed by atoms with Crippen molar-refractivity contribution in [3.8, 4) is 0 Å². The van der Waals surface area contributed by atoms with Crippen LogP contribution in [0.3, 0.4) is 0 Å². The maximum absolute atomic E-state index is 14.5. The van der Waals surface area contributed by atoms with Crippen molar-refractivity contribution < 1.29 is 18.4 Å². The van der Waals surface area contributed by atoms with E-state index in [4.69, 9.17) is 0 Å². The third kappa shape index (κ3) is 4.32. The molecule has 2 amide bonds. The second-order valence-electron chi connectivity index (χ2n) is 9.48. The smallest absolute Gasteiger partial charge is 0.247 e. The number of hydrogen-bond donors (Lipinski definition) is 2. The summed E-state index contributed by atoms with van der Waals surface area (Å²) in [6.07, 6.45) is 1.14. The van der Waals surface area contributed by atoms with Gasteiger partial charge in [-0.05, 0) is 43.2 Å². The highest BCUT2D eigenvalue weighted by Crippen LogP contribution is 2.32. The van der Waals surface area contributed by atoms with Gasteiger partial charge in [0.05, 0.1) is 6.54 Å². The van der Waals surface area contributed by atoms with E-state index < -0.39 is 11.9 Å². The van der Waals surface area contributed by atoms with E-state index in [2.05, 4.69) is 20.4 Å². The molecule has 2 fully saturated rings. The number of amides is 2. The number of halogens is 2. The average Bonchev–Trinajstić information content (AvgIpc) is 3.47. The van der Waals surface area contributed by atoms with Crippen LogP contribution in [0.2, 0.25) is 0 Å². The summed E-state index contributed by atoms with van der Waals surface area (Å²) in [6.45, 7) is 5.28. The Labute approximate surface area is 197 Å².